The SMILES string of the molecule is CC(C)(C)c1cc(-c2nccc3c2Sc2cccc4cccc-3c24)[c-]c(-c2cccc3c2nc(-c2cc(C(C)(C)C)cc(C(C)(C)C)c2O)n3-c2ccc(C(C)(C)C)cc2-c2ccccc2)c1.[Pt]. The number of phenols is 1. The Morgan fingerprint density at radius 1 is 0.544 bits per heavy atom. The van der Waals surface area contributed by atoms with Crippen LogP contribution in [0.1, 0.15) is 105 Å². The monoisotopic (exact) mass is 1090 g/mol. The fraction of sp³-hybridized carbons (Fsp3) is 0.258. The van der Waals surface area contributed by atoms with Crippen LogP contribution in [0.5, 0.6) is 5.75 Å². The largest absolute Gasteiger partial charge is 0.507 e. The number of rotatable bonds is 5. The molecule has 0 fully saturated rings. The van der Waals surface area contributed by atoms with Gasteiger partial charge in [-0.1, -0.05) is 191 Å². The van der Waals surface area contributed by atoms with Crippen LogP contribution in [0.4, 0.5) is 0 Å². The van der Waals surface area contributed by atoms with Gasteiger partial charge in [0.25, 0.3) is 0 Å². The first-order valence-corrected chi connectivity index (χ1v) is 24.4. The molecule has 346 valence electrons. The molecule has 0 atom stereocenters. The zero-order valence-electron chi connectivity index (χ0n) is 41.3. The van der Waals surface area contributed by atoms with Gasteiger partial charge in [-0.25, -0.2) is 4.98 Å². The predicted molar refractivity (Wildman–Crippen MR) is 283 cm³/mol. The molecule has 4 nitrogen and oxygen atoms in total. The molecule has 7 aromatic carbocycles. The van der Waals surface area contributed by atoms with E-state index in [1.165, 1.54) is 37.9 Å². The third-order valence-electron chi connectivity index (χ3n) is 13.5. The second kappa shape index (κ2) is 17.0. The molecule has 0 amide bonds. The topological polar surface area (TPSA) is 50.9 Å². The van der Waals surface area contributed by atoms with Crippen molar-refractivity contribution in [2.24, 2.45) is 0 Å². The van der Waals surface area contributed by atoms with E-state index in [4.69, 9.17) is 9.97 Å². The second-order valence-electron chi connectivity index (χ2n) is 22.5. The molecule has 1 N–H and O–H groups in total. The Morgan fingerprint density at radius 3 is 1.87 bits per heavy atom. The van der Waals surface area contributed by atoms with Crippen LogP contribution in [0.15, 0.2) is 149 Å². The first-order chi connectivity index (χ1) is 31.7. The summed E-state index contributed by atoms with van der Waals surface area (Å²) >= 11 is 1.80. The Morgan fingerprint density at radius 2 is 1.18 bits per heavy atom. The Bertz CT molecular complexity index is 3420. The molecule has 0 bridgehead atoms. The second-order valence-corrected chi connectivity index (χ2v) is 23.5. The Labute approximate surface area is 421 Å². The average molecular weight is 1090 g/mol. The van der Waals surface area contributed by atoms with Gasteiger partial charge in [-0.3, -0.25) is 9.55 Å². The van der Waals surface area contributed by atoms with Crippen molar-refractivity contribution in [1.82, 2.24) is 14.5 Å². The number of fused-ring (bicyclic) bond motifs is 3. The number of para-hydroxylation sites is 1. The number of aromatic nitrogens is 3. The van der Waals surface area contributed by atoms with E-state index in [9.17, 15) is 5.11 Å². The molecule has 3 heterocycles. The van der Waals surface area contributed by atoms with Gasteiger partial charge in [-0.05, 0) is 91.3 Å². The molecular weight excluding hydrogens is 1030 g/mol. The molecule has 0 saturated carbocycles. The summed E-state index contributed by atoms with van der Waals surface area (Å²) in [5, 5.41) is 15.2. The van der Waals surface area contributed by atoms with Crippen molar-refractivity contribution in [3.05, 3.63) is 168 Å². The number of aromatic hydroxyl groups is 1. The van der Waals surface area contributed by atoms with E-state index in [2.05, 4.69) is 227 Å². The van der Waals surface area contributed by atoms with Gasteiger partial charge >= 0.3 is 0 Å². The molecule has 2 aromatic heterocycles. The molecule has 0 radical (unpaired) electrons. The summed E-state index contributed by atoms with van der Waals surface area (Å²) in [4.78, 5) is 13.3. The van der Waals surface area contributed by atoms with Gasteiger partial charge in [0, 0.05) is 59.3 Å². The third kappa shape index (κ3) is 8.34. The fourth-order valence-corrected chi connectivity index (χ4v) is 10.8. The van der Waals surface area contributed by atoms with Gasteiger partial charge < -0.3 is 5.11 Å². The van der Waals surface area contributed by atoms with Gasteiger partial charge in [0.1, 0.15) is 11.6 Å². The number of pyridine rings is 1. The normalized spacial score (nSPS) is 12.9. The van der Waals surface area contributed by atoms with E-state index in [0.29, 0.717) is 11.4 Å². The van der Waals surface area contributed by atoms with Crippen LogP contribution < -0.4 is 0 Å². The molecule has 6 heteroatoms. The third-order valence-corrected chi connectivity index (χ3v) is 14.6. The maximum absolute atomic E-state index is 12.6. The summed E-state index contributed by atoms with van der Waals surface area (Å²) in [5.41, 5.74) is 15.6. The number of phenolic OH excluding ortho intramolecular Hbond substituents is 1. The van der Waals surface area contributed by atoms with Crippen molar-refractivity contribution in [2.75, 3.05) is 0 Å². The van der Waals surface area contributed by atoms with Crippen molar-refractivity contribution < 1.29 is 26.2 Å². The van der Waals surface area contributed by atoms with Crippen LogP contribution in [0.25, 0.3) is 83.5 Å². The van der Waals surface area contributed by atoms with E-state index in [0.717, 1.165) is 66.3 Å². The Hall–Kier alpha value is -5.74. The predicted octanol–water partition coefficient (Wildman–Crippen LogP) is 17.1. The summed E-state index contributed by atoms with van der Waals surface area (Å²) < 4.78 is 2.29. The van der Waals surface area contributed by atoms with Gasteiger partial charge in [-0.15, -0.1) is 29.3 Å². The molecule has 10 rings (SSSR count). The van der Waals surface area contributed by atoms with E-state index in [1.54, 1.807) is 11.8 Å². The van der Waals surface area contributed by atoms with Gasteiger partial charge in [0.05, 0.1) is 22.3 Å². The summed E-state index contributed by atoms with van der Waals surface area (Å²) in [7, 11) is 0. The molecule has 9 aromatic rings. The van der Waals surface area contributed by atoms with Crippen LogP contribution in [0, 0.1) is 6.07 Å². The molecule has 1 aliphatic heterocycles. The van der Waals surface area contributed by atoms with Crippen LogP contribution in [0.3, 0.4) is 0 Å². The van der Waals surface area contributed by atoms with Crippen LogP contribution in [-0.2, 0) is 42.7 Å². The molecule has 1 aliphatic rings. The smallest absolute Gasteiger partial charge is 0.148 e. The number of benzene rings is 7. The first kappa shape index (κ1) is 47.3. The van der Waals surface area contributed by atoms with E-state index in [-0.39, 0.29) is 48.5 Å². The first-order valence-electron chi connectivity index (χ1n) is 23.5. The summed E-state index contributed by atoms with van der Waals surface area (Å²) in [6.45, 7) is 26.8. The van der Waals surface area contributed by atoms with Gasteiger partial charge in [-0.2, -0.15) is 0 Å². The Balaban J connectivity index is 0.00000578. The van der Waals surface area contributed by atoms with E-state index >= 15 is 0 Å². The zero-order valence-corrected chi connectivity index (χ0v) is 44.4. The molecule has 68 heavy (non-hydrogen) atoms. The van der Waals surface area contributed by atoms with Crippen molar-refractivity contribution >= 4 is 33.6 Å². The molecule has 0 aliphatic carbocycles. The van der Waals surface area contributed by atoms with Crippen LogP contribution >= 0.6 is 11.8 Å². The molecular formula is C62H60N3OPtS-. The minimum Gasteiger partial charge on any atom is -0.507 e. The minimum atomic E-state index is -0.331. The quantitative estimate of drug-likeness (QED) is 0.175. The van der Waals surface area contributed by atoms with Gasteiger partial charge in [0.15, 0.2) is 0 Å². The fourth-order valence-electron chi connectivity index (χ4n) is 9.55. The number of hydrogen-bond acceptors (Lipinski definition) is 4. The van der Waals surface area contributed by atoms with Crippen LogP contribution in [0.2, 0.25) is 0 Å². The van der Waals surface area contributed by atoms with E-state index < -0.39 is 0 Å². The van der Waals surface area contributed by atoms with E-state index in [1.807, 2.05) is 6.20 Å². The van der Waals surface area contributed by atoms with Crippen molar-refractivity contribution in [1.29, 1.82) is 0 Å². The number of hydrogen-bond donors (Lipinski definition) is 1. The standard InChI is InChI=1S/C62H60N3OS.Pt/c1-59(2,3)41-27-28-50(47(34-41)37-19-14-13-15-20-37)65-51-25-18-23-44(55(51)64-58(65)48-35-43(61(7,8)9)36-49(56(48)66)62(10,11)12)39-31-40(33-42(32-39)60(4,5)6)54-57-46(29-30-63-54)45-24-16-21-38-22-17-26-52(67-57)53(38)45;/h13-30,32-36,66H,1-12H3;/q-1;. The van der Waals surface area contributed by atoms with Crippen molar-refractivity contribution in [3.63, 3.8) is 0 Å². The number of nitrogens with zero attached hydrogens (tertiary/aromatic N) is 3. The summed E-state index contributed by atoms with van der Waals surface area (Å²) in [5.74, 6) is 0.942. The van der Waals surface area contributed by atoms with Crippen molar-refractivity contribution in [3.8, 4) is 67.5 Å². The molecule has 0 unspecified atom stereocenters. The number of imidazole rings is 1. The van der Waals surface area contributed by atoms with Crippen molar-refractivity contribution in [2.45, 2.75) is 115 Å². The zero-order chi connectivity index (χ0) is 47.4. The molecule has 0 spiro atoms. The summed E-state index contributed by atoms with van der Waals surface area (Å²) in [6, 6.07) is 52.2. The van der Waals surface area contributed by atoms with Gasteiger partial charge in [0.2, 0.25) is 0 Å². The Kier molecular flexibility index (Phi) is 11.9. The maximum atomic E-state index is 12.6. The minimum absolute atomic E-state index is 0. The maximum Gasteiger partial charge on any atom is 0.148 e. The summed E-state index contributed by atoms with van der Waals surface area (Å²) in [6.07, 6.45) is 1.95. The molecule has 0 saturated heterocycles. The van der Waals surface area contributed by atoms with Crippen LogP contribution in [-0.4, -0.2) is 19.6 Å². The average Bonchev–Trinajstić information content (AvgIpc) is 3.67.